The lowest BCUT2D eigenvalue weighted by Gasteiger charge is -2.12. The van der Waals surface area contributed by atoms with E-state index in [0.717, 1.165) is 42.2 Å². The molecule has 0 amide bonds. The van der Waals surface area contributed by atoms with Crippen molar-refractivity contribution >= 4 is 23.0 Å². The molecule has 1 atom stereocenters. The number of fused-ring (bicyclic) bond motifs is 1. The number of ether oxygens (including phenoxy) is 3. The Morgan fingerprint density at radius 3 is 3.05 bits per heavy atom. The zero-order chi connectivity index (χ0) is 15.4. The number of hydrogen-bond donors (Lipinski definition) is 2. The molecule has 1 aromatic rings. The topological polar surface area (TPSA) is 64.1 Å². The number of benzene rings is 1. The van der Waals surface area contributed by atoms with Crippen LogP contribution < -0.4 is 20.2 Å². The van der Waals surface area contributed by atoms with Gasteiger partial charge in [-0.3, -0.25) is 5.43 Å². The van der Waals surface area contributed by atoms with Crippen molar-refractivity contribution in [2.24, 2.45) is 5.10 Å². The summed E-state index contributed by atoms with van der Waals surface area (Å²) in [4.78, 5) is 0. The van der Waals surface area contributed by atoms with Crippen LogP contribution in [0.4, 0.5) is 0 Å². The van der Waals surface area contributed by atoms with Crippen LogP contribution in [-0.2, 0) is 4.74 Å². The van der Waals surface area contributed by atoms with Gasteiger partial charge in [-0.2, -0.15) is 5.10 Å². The van der Waals surface area contributed by atoms with Gasteiger partial charge in [0.15, 0.2) is 16.6 Å². The first kappa shape index (κ1) is 15.1. The van der Waals surface area contributed by atoms with Gasteiger partial charge in [0, 0.05) is 18.7 Å². The Morgan fingerprint density at radius 2 is 2.23 bits per heavy atom. The Labute approximate surface area is 134 Å². The van der Waals surface area contributed by atoms with Crippen molar-refractivity contribution in [1.82, 2.24) is 10.7 Å². The van der Waals surface area contributed by atoms with Crippen LogP contribution in [0.3, 0.4) is 0 Å². The molecule has 22 heavy (non-hydrogen) atoms. The highest BCUT2D eigenvalue weighted by Crippen LogP contribution is 2.32. The normalized spacial score (nSPS) is 20.0. The molecule has 0 bridgehead atoms. The molecule has 0 aromatic heterocycles. The number of nitrogens with one attached hydrogen (secondary N) is 2. The standard InChI is InChI=1S/C15H19N3O3S/c1-10(11-4-5-13-14(7-11)21-9-20-13)17-18-15(22)16-8-12-3-2-6-19-12/h4-5,7,12H,2-3,6,8-9H2,1H3,(H2,16,18,22). The minimum Gasteiger partial charge on any atom is -0.454 e. The summed E-state index contributed by atoms with van der Waals surface area (Å²) in [6.07, 6.45) is 2.45. The third-order valence-electron chi connectivity index (χ3n) is 3.63. The second kappa shape index (κ2) is 6.93. The summed E-state index contributed by atoms with van der Waals surface area (Å²) in [7, 11) is 0. The van der Waals surface area contributed by atoms with Gasteiger partial charge in [-0.15, -0.1) is 0 Å². The van der Waals surface area contributed by atoms with Crippen molar-refractivity contribution in [3.8, 4) is 11.5 Å². The Balaban J connectivity index is 1.51. The van der Waals surface area contributed by atoms with Gasteiger partial charge in [0.2, 0.25) is 6.79 Å². The van der Waals surface area contributed by atoms with E-state index in [-0.39, 0.29) is 12.9 Å². The van der Waals surface area contributed by atoms with E-state index >= 15 is 0 Å². The molecule has 7 heteroatoms. The fraction of sp³-hybridized carbons (Fsp3) is 0.467. The summed E-state index contributed by atoms with van der Waals surface area (Å²) < 4.78 is 16.2. The first-order chi connectivity index (χ1) is 10.7. The SMILES string of the molecule is CC(=NNC(=S)NCC1CCCO1)c1ccc2c(c1)OCO2. The molecule has 1 fully saturated rings. The lowest BCUT2D eigenvalue weighted by atomic mass is 10.1. The lowest BCUT2D eigenvalue weighted by molar-refractivity contribution is 0.114. The smallest absolute Gasteiger partial charge is 0.231 e. The van der Waals surface area contributed by atoms with Crippen LogP contribution in [-0.4, -0.2) is 36.9 Å². The van der Waals surface area contributed by atoms with Crippen LogP contribution in [0.25, 0.3) is 0 Å². The van der Waals surface area contributed by atoms with E-state index in [1.807, 2.05) is 25.1 Å². The number of nitrogens with zero attached hydrogens (tertiary/aromatic N) is 1. The second-order valence-electron chi connectivity index (χ2n) is 5.22. The van der Waals surface area contributed by atoms with Crippen LogP contribution in [0.15, 0.2) is 23.3 Å². The molecular formula is C15H19N3O3S. The third kappa shape index (κ3) is 3.66. The summed E-state index contributed by atoms with van der Waals surface area (Å²) in [5.74, 6) is 1.50. The first-order valence-electron chi connectivity index (χ1n) is 7.32. The van der Waals surface area contributed by atoms with E-state index in [4.69, 9.17) is 26.4 Å². The minimum absolute atomic E-state index is 0.249. The van der Waals surface area contributed by atoms with Crippen molar-refractivity contribution in [1.29, 1.82) is 0 Å². The van der Waals surface area contributed by atoms with Crippen LogP contribution in [0.1, 0.15) is 25.3 Å². The van der Waals surface area contributed by atoms with Crippen molar-refractivity contribution in [3.05, 3.63) is 23.8 Å². The number of rotatable bonds is 4. The maximum Gasteiger partial charge on any atom is 0.231 e. The second-order valence-corrected chi connectivity index (χ2v) is 5.63. The fourth-order valence-electron chi connectivity index (χ4n) is 2.37. The molecule has 1 saturated heterocycles. The van der Waals surface area contributed by atoms with Crippen LogP contribution in [0.2, 0.25) is 0 Å². The highest BCUT2D eigenvalue weighted by molar-refractivity contribution is 7.80. The molecule has 0 aliphatic carbocycles. The average molecular weight is 321 g/mol. The Bertz CT molecular complexity index is 585. The maximum atomic E-state index is 5.53. The molecule has 2 aliphatic heterocycles. The molecule has 0 radical (unpaired) electrons. The van der Waals surface area contributed by atoms with E-state index in [1.54, 1.807) is 0 Å². The maximum absolute atomic E-state index is 5.53. The molecule has 1 aromatic carbocycles. The Morgan fingerprint density at radius 1 is 1.36 bits per heavy atom. The summed E-state index contributed by atoms with van der Waals surface area (Å²) in [6.45, 7) is 3.73. The number of hydrazone groups is 1. The van der Waals surface area contributed by atoms with E-state index in [1.165, 1.54) is 0 Å². The Hall–Kier alpha value is -1.86. The molecule has 2 N–H and O–H groups in total. The van der Waals surface area contributed by atoms with Gasteiger partial charge in [0.1, 0.15) is 0 Å². The van der Waals surface area contributed by atoms with Gasteiger partial charge >= 0.3 is 0 Å². The van der Waals surface area contributed by atoms with Crippen LogP contribution >= 0.6 is 12.2 Å². The minimum atomic E-state index is 0.249. The van der Waals surface area contributed by atoms with Gasteiger partial charge < -0.3 is 19.5 Å². The van der Waals surface area contributed by atoms with Gasteiger partial charge in [-0.05, 0) is 50.2 Å². The quantitative estimate of drug-likeness (QED) is 0.501. The zero-order valence-electron chi connectivity index (χ0n) is 12.4. The predicted octanol–water partition coefficient (Wildman–Crippen LogP) is 1.78. The number of hydrogen-bond acceptors (Lipinski definition) is 5. The van der Waals surface area contributed by atoms with Crippen LogP contribution in [0.5, 0.6) is 11.5 Å². The monoisotopic (exact) mass is 321 g/mol. The van der Waals surface area contributed by atoms with Gasteiger partial charge in [0.05, 0.1) is 11.8 Å². The summed E-state index contributed by atoms with van der Waals surface area (Å²) in [5, 5.41) is 7.90. The summed E-state index contributed by atoms with van der Waals surface area (Å²) in [6, 6.07) is 5.73. The van der Waals surface area contributed by atoms with Crippen molar-refractivity contribution in [2.45, 2.75) is 25.9 Å². The molecule has 0 saturated carbocycles. The van der Waals surface area contributed by atoms with E-state index in [0.29, 0.717) is 11.7 Å². The van der Waals surface area contributed by atoms with Gasteiger partial charge in [0.25, 0.3) is 0 Å². The van der Waals surface area contributed by atoms with Crippen molar-refractivity contribution in [2.75, 3.05) is 19.9 Å². The summed E-state index contributed by atoms with van der Waals surface area (Å²) >= 11 is 5.21. The molecule has 118 valence electrons. The fourth-order valence-corrected chi connectivity index (χ4v) is 2.50. The van der Waals surface area contributed by atoms with E-state index in [9.17, 15) is 0 Å². The largest absolute Gasteiger partial charge is 0.454 e. The third-order valence-corrected chi connectivity index (χ3v) is 3.87. The van der Waals surface area contributed by atoms with Crippen molar-refractivity contribution in [3.63, 3.8) is 0 Å². The molecule has 3 rings (SSSR count). The molecular weight excluding hydrogens is 302 g/mol. The van der Waals surface area contributed by atoms with E-state index < -0.39 is 0 Å². The first-order valence-corrected chi connectivity index (χ1v) is 7.73. The Kier molecular flexibility index (Phi) is 4.74. The molecule has 2 heterocycles. The molecule has 2 aliphatic rings. The molecule has 6 nitrogen and oxygen atoms in total. The van der Waals surface area contributed by atoms with Crippen molar-refractivity contribution < 1.29 is 14.2 Å². The molecule has 1 unspecified atom stereocenters. The highest BCUT2D eigenvalue weighted by Gasteiger charge is 2.15. The number of thiocarbonyl (C=S) groups is 1. The predicted molar refractivity (Wildman–Crippen MR) is 87.5 cm³/mol. The highest BCUT2D eigenvalue weighted by atomic mass is 32.1. The average Bonchev–Trinajstić information content (AvgIpc) is 3.20. The lowest BCUT2D eigenvalue weighted by Crippen LogP contribution is -2.37. The van der Waals surface area contributed by atoms with Gasteiger partial charge in [-0.1, -0.05) is 0 Å². The zero-order valence-corrected chi connectivity index (χ0v) is 13.2. The molecule has 0 spiro atoms. The van der Waals surface area contributed by atoms with E-state index in [2.05, 4.69) is 15.8 Å². The van der Waals surface area contributed by atoms with Crippen LogP contribution in [0, 0.1) is 0 Å². The van der Waals surface area contributed by atoms with Gasteiger partial charge in [-0.25, -0.2) is 0 Å². The summed E-state index contributed by atoms with van der Waals surface area (Å²) in [5.41, 5.74) is 4.63.